The van der Waals surface area contributed by atoms with Gasteiger partial charge in [0.1, 0.15) is 5.75 Å². The molecule has 0 fully saturated rings. The van der Waals surface area contributed by atoms with Crippen LogP contribution >= 0.6 is 44.1 Å². The van der Waals surface area contributed by atoms with Crippen molar-refractivity contribution in [2.75, 3.05) is 7.11 Å². The maximum absolute atomic E-state index is 13.4. The Morgan fingerprint density at radius 1 is 0.818 bits per heavy atom. The first kappa shape index (κ1) is 23.1. The second-order valence-electron chi connectivity index (χ2n) is 6.78. The molecule has 1 heterocycles. The van der Waals surface area contributed by atoms with Crippen LogP contribution in [0.5, 0.6) is 11.6 Å². The molecule has 0 saturated carbocycles. The molecule has 4 rings (SSSR count). The van der Waals surface area contributed by atoms with Crippen LogP contribution in [0, 0.1) is 4.77 Å². The molecule has 1 aromatic heterocycles. The standard InChI is InChI=1S/C23H16Br2N4O3S/c1-32-19-12-10-18(11-13-19)29-22(31)20(27-26-16-6-2-14(24)3-7-16)21(30)28(23(29)33)17-8-4-15(25)5-9-17/h2-13,30H,1H3. The third kappa shape index (κ3) is 4.82. The van der Waals surface area contributed by atoms with Gasteiger partial charge in [-0.15, -0.1) is 5.11 Å². The molecule has 0 spiro atoms. The van der Waals surface area contributed by atoms with Gasteiger partial charge in [0.05, 0.1) is 24.2 Å². The van der Waals surface area contributed by atoms with E-state index in [4.69, 9.17) is 17.0 Å². The van der Waals surface area contributed by atoms with Crippen LogP contribution in [0.25, 0.3) is 11.4 Å². The molecule has 0 aliphatic rings. The van der Waals surface area contributed by atoms with E-state index in [0.717, 1.165) is 8.95 Å². The zero-order chi connectivity index (χ0) is 23.5. The molecule has 33 heavy (non-hydrogen) atoms. The molecule has 0 atom stereocenters. The van der Waals surface area contributed by atoms with Gasteiger partial charge in [0.15, 0.2) is 4.77 Å². The minimum atomic E-state index is -0.600. The Balaban J connectivity index is 1.97. The minimum absolute atomic E-state index is 0.0765. The van der Waals surface area contributed by atoms with E-state index < -0.39 is 11.4 Å². The van der Waals surface area contributed by atoms with Crippen molar-refractivity contribution in [1.82, 2.24) is 9.13 Å². The van der Waals surface area contributed by atoms with Crippen molar-refractivity contribution >= 4 is 55.5 Å². The Bertz CT molecular complexity index is 1450. The van der Waals surface area contributed by atoms with Crippen molar-refractivity contribution in [3.8, 4) is 23.0 Å². The molecule has 166 valence electrons. The average molecular weight is 588 g/mol. The quantitative estimate of drug-likeness (QED) is 0.201. The number of rotatable bonds is 5. The van der Waals surface area contributed by atoms with Crippen LogP contribution in [0.1, 0.15) is 0 Å². The first-order valence-electron chi connectivity index (χ1n) is 9.58. The summed E-state index contributed by atoms with van der Waals surface area (Å²) in [6.45, 7) is 0. The molecule has 0 bridgehead atoms. The Labute approximate surface area is 210 Å². The third-order valence-electron chi connectivity index (χ3n) is 4.72. The topological polar surface area (TPSA) is 81.1 Å². The van der Waals surface area contributed by atoms with Gasteiger partial charge in [-0.1, -0.05) is 31.9 Å². The average Bonchev–Trinajstić information content (AvgIpc) is 2.82. The zero-order valence-corrected chi connectivity index (χ0v) is 21.1. The number of halogens is 2. The van der Waals surface area contributed by atoms with E-state index in [9.17, 15) is 9.90 Å². The lowest BCUT2D eigenvalue weighted by atomic mass is 10.3. The SMILES string of the molecule is COc1ccc(-n2c(=O)c(N=Nc3ccc(Br)cc3)c(O)n(-c3ccc(Br)cc3)c2=S)cc1. The number of methoxy groups -OCH3 is 1. The normalized spacial score (nSPS) is 11.1. The summed E-state index contributed by atoms with van der Waals surface area (Å²) in [5.41, 5.74) is 0.729. The van der Waals surface area contributed by atoms with Gasteiger partial charge in [-0.3, -0.25) is 13.9 Å². The third-order valence-corrected chi connectivity index (χ3v) is 6.14. The summed E-state index contributed by atoms with van der Waals surface area (Å²) in [7, 11) is 1.56. The molecule has 0 saturated heterocycles. The molecular formula is C23H16Br2N4O3S. The molecule has 0 radical (unpaired) electrons. The van der Waals surface area contributed by atoms with Crippen LogP contribution in [0.4, 0.5) is 11.4 Å². The highest BCUT2D eigenvalue weighted by molar-refractivity contribution is 9.10. The predicted molar refractivity (Wildman–Crippen MR) is 136 cm³/mol. The van der Waals surface area contributed by atoms with Crippen molar-refractivity contribution in [1.29, 1.82) is 0 Å². The summed E-state index contributed by atoms with van der Waals surface area (Å²) >= 11 is 12.4. The van der Waals surface area contributed by atoms with Gasteiger partial charge in [0.2, 0.25) is 11.6 Å². The van der Waals surface area contributed by atoms with Gasteiger partial charge in [-0.05, 0) is 85.0 Å². The zero-order valence-electron chi connectivity index (χ0n) is 17.1. The number of benzene rings is 3. The molecular weight excluding hydrogens is 572 g/mol. The summed E-state index contributed by atoms with van der Waals surface area (Å²) in [6, 6.07) is 21.1. The van der Waals surface area contributed by atoms with Crippen molar-refractivity contribution in [2.45, 2.75) is 0 Å². The first-order valence-corrected chi connectivity index (χ1v) is 11.6. The van der Waals surface area contributed by atoms with Gasteiger partial charge in [0, 0.05) is 8.95 Å². The summed E-state index contributed by atoms with van der Waals surface area (Å²) < 4.78 is 9.70. The van der Waals surface area contributed by atoms with Gasteiger partial charge < -0.3 is 9.84 Å². The van der Waals surface area contributed by atoms with E-state index in [0.29, 0.717) is 22.8 Å². The number of hydrogen-bond acceptors (Lipinski definition) is 6. The maximum atomic E-state index is 13.4. The van der Waals surface area contributed by atoms with Gasteiger partial charge in [-0.2, -0.15) is 5.11 Å². The van der Waals surface area contributed by atoms with E-state index >= 15 is 0 Å². The fourth-order valence-corrected chi connectivity index (χ4v) is 3.98. The first-order chi connectivity index (χ1) is 15.9. The Morgan fingerprint density at radius 3 is 1.91 bits per heavy atom. The van der Waals surface area contributed by atoms with Gasteiger partial charge in [-0.25, -0.2) is 0 Å². The van der Waals surface area contributed by atoms with Crippen molar-refractivity contribution in [2.24, 2.45) is 10.2 Å². The highest BCUT2D eigenvalue weighted by Crippen LogP contribution is 2.30. The molecule has 4 aromatic rings. The minimum Gasteiger partial charge on any atom is -0.497 e. The number of aromatic nitrogens is 2. The summed E-state index contributed by atoms with van der Waals surface area (Å²) in [5.74, 6) is 0.227. The monoisotopic (exact) mass is 586 g/mol. The van der Waals surface area contributed by atoms with Crippen molar-refractivity contribution < 1.29 is 9.84 Å². The van der Waals surface area contributed by atoms with E-state index in [1.165, 1.54) is 9.13 Å². The summed E-state index contributed by atoms with van der Waals surface area (Å²) in [4.78, 5) is 13.4. The fraction of sp³-hybridized carbons (Fsp3) is 0.0435. The van der Waals surface area contributed by atoms with Crippen LogP contribution in [0.15, 0.2) is 96.8 Å². The van der Waals surface area contributed by atoms with Crippen molar-refractivity contribution in [3.63, 3.8) is 0 Å². The Morgan fingerprint density at radius 2 is 1.33 bits per heavy atom. The Kier molecular flexibility index (Phi) is 6.87. The smallest absolute Gasteiger partial charge is 0.290 e. The summed E-state index contributed by atoms with van der Waals surface area (Å²) in [6.07, 6.45) is 0. The van der Waals surface area contributed by atoms with Crippen LogP contribution in [-0.2, 0) is 0 Å². The van der Waals surface area contributed by atoms with Gasteiger partial charge in [0.25, 0.3) is 5.56 Å². The summed E-state index contributed by atoms with van der Waals surface area (Å²) in [5, 5.41) is 19.3. The molecule has 1 N–H and O–H groups in total. The lowest BCUT2D eigenvalue weighted by molar-refractivity contribution is 0.414. The molecule has 0 aliphatic heterocycles. The molecule has 10 heteroatoms. The van der Waals surface area contributed by atoms with E-state index in [2.05, 4.69) is 42.1 Å². The van der Waals surface area contributed by atoms with Crippen LogP contribution < -0.4 is 10.3 Å². The van der Waals surface area contributed by atoms with Crippen LogP contribution in [0.3, 0.4) is 0 Å². The fourth-order valence-electron chi connectivity index (χ4n) is 3.07. The lowest BCUT2D eigenvalue weighted by Crippen LogP contribution is -2.23. The van der Waals surface area contributed by atoms with E-state index in [1.54, 1.807) is 67.8 Å². The van der Waals surface area contributed by atoms with E-state index in [-0.39, 0.29) is 10.5 Å². The molecule has 0 aliphatic carbocycles. The number of ether oxygens (including phenoxy) is 1. The second kappa shape index (κ2) is 9.82. The largest absolute Gasteiger partial charge is 0.497 e. The van der Waals surface area contributed by atoms with Crippen LogP contribution in [0.2, 0.25) is 0 Å². The lowest BCUT2D eigenvalue weighted by Gasteiger charge is -2.16. The number of aromatic hydroxyl groups is 1. The molecule has 0 amide bonds. The van der Waals surface area contributed by atoms with Crippen molar-refractivity contribution in [3.05, 3.63) is 96.9 Å². The highest BCUT2D eigenvalue weighted by atomic mass is 79.9. The number of azo groups is 1. The maximum Gasteiger partial charge on any atom is 0.290 e. The Hall–Kier alpha value is -3.08. The number of nitrogens with zero attached hydrogens (tertiary/aromatic N) is 4. The van der Waals surface area contributed by atoms with E-state index in [1.807, 2.05) is 12.1 Å². The molecule has 0 unspecified atom stereocenters. The number of hydrogen-bond donors (Lipinski definition) is 1. The predicted octanol–water partition coefficient (Wildman–Crippen LogP) is 7.01. The van der Waals surface area contributed by atoms with Gasteiger partial charge >= 0.3 is 0 Å². The highest BCUT2D eigenvalue weighted by Gasteiger charge is 2.19. The second-order valence-corrected chi connectivity index (χ2v) is 8.98. The molecule has 3 aromatic carbocycles. The van der Waals surface area contributed by atoms with Crippen LogP contribution in [-0.4, -0.2) is 21.4 Å². The molecule has 7 nitrogen and oxygen atoms in total.